The Morgan fingerprint density at radius 1 is 1.29 bits per heavy atom. The van der Waals surface area contributed by atoms with Crippen molar-refractivity contribution < 1.29 is 9.47 Å². The van der Waals surface area contributed by atoms with Gasteiger partial charge in [0.05, 0.1) is 13.2 Å². The molecule has 0 aromatic heterocycles. The zero-order valence-corrected chi connectivity index (χ0v) is 13.5. The van der Waals surface area contributed by atoms with Gasteiger partial charge in [-0.2, -0.15) is 0 Å². The third kappa shape index (κ3) is 3.39. The summed E-state index contributed by atoms with van der Waals surface area (Å²) >= 11 is 3.50. The maximum Gasteiger partial charge on any atom is 0.123 e. The van der Waals surface area contributed by atoms with Crippen molar-refractivity contribution in [1.82, 2.24) is 0 Å². The molecule has 3 nitrogen and oxygen atoms in total. The molecule has 0 bridgehead atoms. The van der Waals surface area contributed by atoms with Gasteiger partial charge < -0.3 is 14.8 Å². The van der Waals surface area contributed by atoms with Crippen LogP contribution in [0.3, 0.4) is 0 Å². The van der Waals surface area contributed by atoms with Gasteiger partial charge in [-0.3, -0.25) is 0 Å². The molecule has 0 fully saturated rings. The van der Waals surface area contributed by atoms with Crippen LogP contribution in [-0.4, -0.2) is 19.8 Å². The topological polar surface area (TPSA) is 30.5 Å². The minimum absolute atomic E-state index is 0.171. The first-order chi connectivity index (χ1) is 10.3. The summed E-state index contributed by atoms with van der Waals surface area (Å²) in [6, 6.07) is 14.4. The molecule has 2 aromatic rings. The smallest absolute Gasteiger partial charge is 0.123 e. The Labute approximate surface area is 133 Å². The van der Waals surface area contributed by atoms with Crippen LogP contribution in [-0.2, 0) is 17.8 Å². The fraction of sp³-hybridized carbons (Fsp3) is 0.294. The molecule has 0 aliphatic carbocycles. The molecule has 3 rings (SSSR count). The second kappa shape index (κ2) is 6.50. The molecule has 1 aliphatic heterocycles. The summed E-state index contributed by atoms with van der Waals surface area (Å²) in [6.45, 7) is 1.40. The number of nitrogens with one attached hydrogen (secondary N) is 1. The van der Waals surface area contributed by atoms with Crippen LogP contribution in [0.15, 0.2) is 46.9 Å². The lowest BCUT2D eigenvalue weighted by Crippen LogP contribution is -2.24. The Morgan fingerprint density at radius 2 is 2.14 bits per heavy atom. The molecule has 21 heavy (non-hydrogen) atoms. The van der Waals surface area contributed by atoms with Gasteiger partial charge in [0.2, 0.25) is 0 Å². The monoisotopic (exact) mass is 347 g/mol. The molecule has 0 saturated heterocycles. The lowest BCUT2D eigenvalue weighted by Gasteiger charge is -2.15. The third-order valence-corrected chi connectivity index (χ3v) is 4.09. The molecule has 1 N–H and O–H groups in total. The van der Waals surface area contributed by atoms with Gasteiger partial charge >= 0.3 is 0 Å². The largest absolute Gasteiger partial charge is 0.488 e. The lowest BCUT2D eigenvalue weighted by molar-refractivity contribution is 0.185. The van der Waals surface area contributed by atoms with E-state index in [1.54, 1.807) is 7.11 Å². The molecule has 1 unspecified atom stereocenters. The van der Waals surface area contributed by atoms with Crippen molar-refractivity contribution in [1.29, 1.82) is 0 Å². The number of rotatable bonds is 5. The quantitative estimate of drug-likeness (QED) is 0.886. The molecule has 0 spiro atoms. The minimum atomic E-state index is 0.171. The molecule has 2 aromatic carbocycles. The minimum Gasteiger partial charge on any atom is -0.488 e. The summed E-state index contributed by atoms with van der Waals surface area (Å²) in [5, 5.41) is 3.47. The maximum atomic E-state index is 5.97. The maximum absolute atomic E-state index is 5.97. The van der Waals surface area contributed by atoms with Gasteiger partial charge in [0.1, 0.15) is 11.9 Å². The van der Waals surface area contributed by atoms with E-state index in [0.29, 0.717) is 6.61 Å². The molecule has 1 aliphatic rings. The Balaban J connectivity index is 1.62. The van der Waals surface area contributed by atoms with Crippen molar-refractivity contribution in [2.24, 2.45) is 0 Å². The highest BCUT2D eigenvalue weighted by Gasteiger charge is 2.22. The van der Waals surface area contributed by atoms with Crippen LogP contribution >= 0.6 is 15.9 Å². The first-order valence-electron chi connectivity index (χ1n) is 7.02. The standard InChI is InChI=1S/C17H18BrNO2/c1-20-11-12-4-2-3-5-16(12)19-10-15-9-13-8-14(18)6-7-17(13)21-15/h2-8,15,19H,9-11H2,1H3. The van der Waals surface area contributed by atoms with Crippen molar-refractivity contribution in [3.8, 4) is 5.75 Å². The van der Waals surface area contributed by atoms with Gasteiger partial charge in [0.25, 0.3) is 0 Å². The van der Waals surface area contributed by atoms with E-state index in [2.05, 4.69) is 39.4 Å². The van der Waals surface area contributed by atoms with E-state index < -0.39 is 0 Å². The fourth-order valence-electron chi connectivity index (χ4n) is 2.60. The average molecular weight is 348 g/mol. The lowest BCUT2D eigenvalue weighted by atomic mass is 10.1. The summed E-state index contributed by atoms with van der Waals surface area (Å²) in [7, 11) is 1.71. The van der Waals surface area contributed by atoms with Gasteiger partial charge in [-0.25, -0.2) is 0 Å². The SMILES string of the molecule is COCc1ccccc1NCC1Cc2cc(Br)ccc2O1. The highest BCUT2D eigenvalue weighted by atomic mass is 79.9. The van der Waals surface area contributed by atoms with Crippen molar-refractivity contribution in [3.63, 3.8) is 0 Å². The number of para-hydroxylation sites is 1. The Morgan fingerprint density at radius 3 is 3.00 bits per heavy atom. The normalized spacial score (nSPS) is 16.4. The van der Waals surface area contributed by atoms with E-state index in [1.807, 2.05) is 24.3 Å². The molecule has 4 heteroatoms. The Hall–Kier alpha value is -1.52. The van der Waals surface area contributed by atoms with Crippen LogP contribution in [0.5, 0.6) is 5.75 Å². The highest BCUT2D eigenvalue weighted by molar-refractivity contribution is 9.10. The Bertz CT molecular complexity index is 630. The van der Waals surface area contributed by atoms with Crippen molar-refractivity contribution in [2.75, 3.05) is 19.0 Å². The number of halogens is 1. The number of anilines is 1. The molecule has 110 valence electrons. The zero-order chi connectivity index (χ0) is 14.7. The molecular weight excluding hydrogens is 330 g/mol. The van der Waals surface area contributed by atoms with Crippen LogP contribution in [0.25, 0.3) is 0 Å². The van der Waals surface area contributed by atoms with Crippen molar-refractivity contribution in [3.05, 3.63) is 58.1 Å². The predicted molar refractivity (Wildman–Crippen MR) is 87.9 cm³/mol. The van der Waals surface area contributed by atoms with E-state index in [0.717, 1.165) is 28.9 Å². The second-order valence-corrected chi connectivity index (χ2v) is 6.08. The first-order valence-corrected chi connectivity index (χ1v) is 7.81. The molecule has 0 radical (unpaired) electrons. The van der Waals surface area contributed by atoms with Crippen LogP contribution in [0.1, 0.15) is 11.1 Å². The summed E-state index contributed by atoms with van der Waals surface area (Å²) in [5.41, 5.74) is 3.54. The predicted octanol–water partition coefficient (Wildman–Crippen LogP) is 4.01. The van der Waals surface area contributed by atoms with Gasteiger partial charge in [-0.1, -0.05) is 34.1 Å². The van der Waals surface area contributed by atoms with Crippen molar-refractivity contribution >= 4 is 21.6 Å². The van der Waals surface area contributed by atoms with E-state index in [1.165, 1.54) is 11.1 Å². The summed E-state index contributed by atoms with van der Waals surface area (Å²) in [5.74, 6) is 0.996. The van der Waals surface area contributed by atoms with Crippen LogP contribution in [0.2, 0.25) is 0 Å². The molecular formula is C17H18BrNO2. The number of hydrogen-bond acceptors (Lipinski definition) is 3. The van der Waals surface area contributed by atoms with Crippen molar-refractivity contribution in [2.45, 2.75) is 19.1 Å². The number of benzene rings is 2. The Kier molecular flexibility index (Phi) is 4.46. The van der Waals surface area contributed by atoms with E-state index in [4.69, 9.17) is 9.47 Å². The molecule has 1 heterocycles. The third-order valence-electron chi connectivity index (χ3n) is 3.60. The van der Waals surface area contributed by atoms with Gasteiger partial charge in [0.15, 0.2) is 0 Å². The van der Waals surface area contributed by atoms with Gasteiger partial charge in [0, 0.05) is 29.3 Å². The summed E-state index contributed by atoms with van der Waals surface area (Å²) < 4.78 is 12.3. The van der Waals surface area contributed by atoms with Crippen LogP contribution in [0.4, 0.5) is 5.69 Å². The second-order valence-electron chi connectivity index (χ2n) is 5.17. The number of ether oxygens (including phenoxy) is 2. The fourth-order valence-corrected chi connectivity index (χ4v) is 3.01. The van der Waals surface area contributed by atoms with Crippen LogP contribution < -0.4 is 10.1 Å². The highest BCUT2D eigenvalue weighted by Crippen LogP contribution is 2.31. The molecule has 0 amide bonds. The number of methoxy groups -OCH3 is 1. The zero-order valence-electron chi connectivity index (χ0n) is 11.9. The van der Waals surface area contributed by atoms with Gasteiger partial charge in [-0.05, 0) is 29.8 Å². The summed E-state index contributed by atoms with van der Waals surface area (Å²) in [6.07, 6.45) is 1.11. The molecule has 1 atom stereocenters. The number of fused-ring (bicyclic) bond motifs is 1. The van der Waals surface area contributed by atoms with E-state index in [-0.39, 0.29) is 6.10 Å². The van der Waals surface area contributed by atoms with E-state index >= 15 is 0 Å². The summed E-state index contributed by atoms with van der Waals surface area (Å²) in [4.78, 5) is 0. The average Bonchev–Trinajstić information content (AvgIpc) is 2.88. The van der Waals surface area contributed by atoms with Gasteiger partial charge in [-0.15, -0.1) is 0 Å². The van der Waals surface area contributed by atoms with E-state index in [9.17, 15) is 0 Å². The number of hydrogen-bond donors (Lipinski definition) is 1. The van der Waals surface area contributed by atoms with Crippen LogP contribution in [0, 0.1) is 0 Å². The molecule has 0 saturated carbocycles. The first kappa shape index (κ1) is 14.4.